The molecule has 0 saturated heterocycles. The van der Waals surface area contributed by atoms with Crippen LogP contribution in [0, 0.1) is 0 Å². The summed E-state index contributed by atoms with van der Waals surface area (Å²) in [6.45, 7) is -1.59. The molecule has 0 fully saturated rings. The van der Waals surface area contributed by atoms with E-state index in [2.05, 4.69) is 0 Å². The molecule has 1 rings (SSSR count). The van der Waals surface area contributed by atoms with Gasteiger partial charge in [-0.05, 0) is 24.3 Å². The van der Waals surface area contributed by atoms with Gasteiger partial charge in [0.05, 0.1) is 18.8 Å². The molecule has 0 aliphatic heterocycles. The first kappa shape index (κ1) is 17.3. The Kier molecular flexibility index (Phi) is 6.53. The number of phenolic OH excluding ortho intramolecular Hbond substituents is 1. The molecule has 0 bridgehead atoms. The molecule has 0 aliphatic rings. The van der Waals surface area contributed by atoms with Crippen LogP contribution in [0.3, 0.4) is 0 Å². The number of carbonyl (C=O) groups excluding carboxylic acids is 1. The van der Waals surface area contributed by atoms with Crippen molar-refractivity contribution in [2.45, 2.75) is 24.4 Å². The summed E-state index contributed by atoms with van der Waals surface area (Å²) in [4.78, 5) is 11.8. The van der Waals surface area contributed by atoms with E-state index in [1.54, 1.807) is 0 Å². The van der Waals surface area contributed by atoms with E-state index in [0.717, 1.165) is 0 Å². The fourth-order valence-electron chi connectivity index (χ4n) is 1.57. The predicted octanol–water partition coefficient (Wildman–Crippen LogP) is -2.02. The van der Waals surface area contributed by atoms with Gasteiger partial charge >= 0.3 is 5.97 Å². The van der Waals surface area contributed by atoms with Gasteiger partial charge in [0.1, 0.15) is 24.1 Å². The van der Waals surface area contributed by atoms with E-state index in [4.69, 9.17) is 20.1 Å². The number of rotatable bonds is 7. The Morgan fingerprint density at radius 2 is 1.57 bits per heavy atom. The molecule has 8 heteroatoms. The molecular formula is C13H18O8. The standard InChI is InChI=1S/C13H18O8/c14-5-9(17)11(18)12(19)10(6-15)21-13(20)7-1-3-8(16)4-2-7/h1-4,9-12,14-19H,5-6H2/t9-,10-,11+,12+/m1/s1. The van der Waals surface area contributed by atoms with Gasteiger partial charge in [-0.3, -0.25) is 0 Å². The molecule has 0 saturated carbocycles. The number of esters is 1. The first-order valence-electron chi connectivity index (χ1n) is 6.16. The maximum atomic E-state index is 11.8. The summed E-state index contributed by atoms with van der Waals surface area (Å²) in [7, 11) is 0. The van der Waals surface area contributed by atoms with Crippen LogP contribution < -0.4 is 0 Å². The van der Waals surface area contributed by atoms with Crippen LogP contribution in [0.25, 0.3) is 0 Å². The van der Waals surface area contributed by atoms with Crippen LogP contribution in [0.1, 0.15) is 10.4 Å². The molecule has 0 spiro atoms. The number of hydrogen-bond donors (Lipinski definition) is 6. The second kappa shape index (κ2) is 7.91. The quantitative estimate of drug-likeness (QED) is 0.316. The lowest BCUT2D eigenvalue weighted by atomic mass is 10.0. The Morgan fingerprint density at radius 3 is 2.05 bits per heavy atom. The van der Waals surface area contributed by atoms with Gasteiger partial charge in [0.15, 0.2) is 6.10 Å². The molecule has 1 aromatic carbocycles. The minimum Gasteiger partial charge on any atom is -0.508 e. The number of aliphatic hydroxyl groups is 5. The van der Waals surface area contributed by atoms with E-state index in [1.807, 2.05) is 0 Å². The van der Waals surface area contributed by atoms with E-state index >= 15 is 0 Å². The average Bonchev–Trinajstić information content (AvgIpc) is 2.50. The zero-order chi connectivity index (χ0) is 16.0. The van der Waals surface area contributed by atoms with Crippen molar-refractivity contribution in [3.63, 3.8) is 0 Å². The van der Waals surface area contributed by atoms with E-state index < -0.39 is 43.6 Å². The minimum absolute atomic E-state index is 0.0493. The van der Waals surface area contributed by atoms with Crippen molar-refractivity contribution in [2.75, 3.05) is 13.2 Å². The summed E-state index contributed by atoms with van der Waals surface area (Å²) in [5, 5.41) is 55.3. The predicted molar refractivity (Wildman–Crippen MR) is 69.5 cm³/mol. The lowest BCUT2D eigenvalue weighted by Crippen LogP contribution is -2.48. The fraction of sp³-hybridized carbons (Fsp3) is 0.462. The van der Waals surface area contributed by atoms with E-state index in [1.165, 1.54) is 24.3 Å². The molecule has 118 valence electrons. The van der Waals surface area contributed by atoms with Crippen LogP contribution in [0.2, 0.25) is 0 Å². The van der Waals surface area contributed by atoms with Crippen LogP contribution in [-0.2, 0) is 4.74 Å². The number of carbonyl (C=O) groups is 1. The molecule has 0 heterocycles. The summed E-state index contributed by atoms with van der Waals surface area (Å²) >= 11 is 0. The Hall–Kier alpha value is -1.71. The highest BCUT2D eigenvalue weighted by atomic mass is 16.6. The van der Waals surface area contributed by atoms with Crippen molar-refractivity contribution in [1.82, 2.24) is 0 Å². The molecule has 1 aromatic rings. The molecule has 0 radical (unpaired) electrons. The van der Waals surface area contributed by atoms with Crippen molar-refractivity contribution in [1.29, 1.82) is 0 Å². The zero-order valence-electron chi connectivity index (χ0n) is 11.0. The van der Waals surface area contributed by atoms with Gasteiger partial charge in [-0.15, -0.1) is 0 Å². The lowest BCUT2D eigenvalue weighted by molar-refractivity contribution is -0.126. The van der Waals surface area contributed by atoms with Crippen LogP contribution in [0.4, 0.5) is 0 Å². The van der Waals surface area contributed by atoms with Crippen molar-refractivity contribution in [3.05, 3.63) is 29.8 Å². The number of benzene rings is 1. The summed E-state index contributed by atoms with van der Waals surface area (Å²) in [5.41, 5.74) is 0.0654. The van der Waals surface area contributed by atoms with E-state index in [0.29, 0.717) is 0 Å². The summed E-state index contributed by atoms with van der Waals surface area (Å²) < 4.78 is 4.83. The average molecular weight is 302 g/mol. The highest BCUT2D eigenvalue weighted by Gasteiger charge is 2.33. The number of hydrogen-bond acceptors (Lipinski definition) is 8. The second-order valence-corrected chi connectivity index (χ2v) is 4.40. The van der Waals surface area contributed by atoms with Crippen molar-refractivity contribution in [2.24, 2.45) is 0 Å². The molecule has 0 aliphatic carbocycles. The lowest BCUT2D eigenvalue weighted by Gasteiger charge is -2.27. The Bertz CT molecular complexity index is 446. The molecule has 21 heavy (non-hydrogen) atoms. The van der Waals surface area contributed by atoms with Gasteiger partial charge in [-0.25, -0.2) is 4.79 Å². The molecule has 4 atom stereocenters. The summed E-state index contributed by atoms with van der Waals surface area (Å²) in [5.74, 6) is -0.939. The van der Waals surface area contributed by atoms with Gasteiger partial charge in [0.2, 0.25) is 0 Å². The first-order chi connectivity index (χ1) is 9.90. The molecule has 8 nitrogen and oxygen atoms in total. The van der Waals surface area contributed by atoms with E-state index in [-0.39, 0.29) is 11.3 Å². The first-order valence-corrected chi connectivity index (χ1v) is 6.16. The Labute approximate surface area is 120 Å². The topological polar surface area (TPSA) is 148 Å². The monoisotopic (exact) mass is 302 g/mol. The maximum Gasteiger partial charge on any atom is 0.338 e. The largest absolute Gasteiger partial charge is 0.508 e. The smallest absolute Gasteiger partial charge is 0.338 e. The van der Waals surface area contributed by atoms with Crippen molar-refractivity contribution in [3.8, 4) is 5.75 Å². The van der Waals surface area contributed by atoms with Gasteiger partial charge in [-0.2, -0.15) is 0 Å². The second-order valence-electron chi connectivity index (χ2n) is 4.40. The molecule has 0 unspecified atom stereocenters. The third kappa shape index (κ3) is 4.66. The van der Waals surface area contributed by atoms with Crippen LogP contribution in [0.5, 0.6) is 5.75 Å². The maximum absolute atomic E-state index is 11.8. The van der Waals surface area contributed by atoms with Crippen LogP contribution in [0.15, 0.2) is 24.3 Å². The molecular weight excluding hydrogens is 284 g/mol. The Morgan fingerprint density at radius 1 is 1.00 bits per heavy atom. The number of phenols is 1. The van der Waals surface area contributed by atoms with Gasteiger partial charge in [-0.1, -0.05) is 0 Å². The van der Waals surface area contributed by atoms with Crippen LogP contribution >= 0.6 is 0 Å². The fourth-order valence-corrected chi connectivity index (χ4v) is 1.57. The third-order valence-corrected chi connectivity index (χ3v) is 2.85. The highest BCUT2D eigenvalue weighted by Crippen LogP contribution is 2.14. The number of aliphatic hydroxyl groups excluding tert-OH is 5. The summed E-state index contributed by atoms with van der Waals surface area (Å²) in [6.07, 6.45) is -6.69. The van der Waals surface area contributed by atoms with E-state index in [9.17, 15) is 20.1 Å². The molecule has 6 N–H and O–H groups in total. The van der Waals surface area contributed by atoms with Gasteiger partial charge in [0.25, 0.3) is 0 Å². The third-order valence-electron chi connectivity index (χ3n) is 2.85. The summed E-state index contributed by atoms with van der Waals surface area (Å²) in [6, 6.07) is 5.06. The highest BCUT2D eigenvalue weighted by molar-refractivity contribution is 5.89. The van der Waals surface area contributed by atoms with Crippen LogP contribution in [-0.4, -0.2) is 74.2 Å². The zero-order valence-corrected chi connectivity index (χ0v) is 11.0. The van der Waals surface area contributed by atoms with Gasteiger partial charge in [0, 0.05) is 0 Å². The number of aromatic hydroxyl groups is 1. The Balaban J connectivity index is 2.72. The van der Waals surface area contributed by atoms with Gasteiger partial charge < -0.3 is 35.4 Å². The molecule has 0 amide bonds. The SMILES string of the molecule is O=C(O[C@H](CO)[C@H](O)[C@@H](O)[C@H](O)CO)c1ccc(O)cc1. The van der Waals surface area contributed by atoms with Crippen molar-refractivity contribution >= 4 is 5.97 Å². The normalized spacial score (nSPS) is 16.8. The minimum atomic E-state index is -1.79. The number of ether oxygens (including phenoxy) is 1. The van der Waals surface area contributed by atoms with Crippen molar-refractivity contribution < 1.29 is 40.2 Å². The molecule has 0 aromatic heterocycles.